The summed E-state index contributed by atoms with van der Waals surface area (Å²) in [5.41, 5.74) is 0.633. The summed E-state index contributed by atoms with van der Waals surface area (Å²) in [5, 5.41) is 32.0. The fourth-order valence-electron chi connectivity index (χ4n) is 4.17. The first-order chi connectivity index (χ1) is 20.0. The van der Waals surface area contributed by atoms with Crippen LogP contribution in [0.2, 0.25) is 0 Å². The third kappa shape index (κ3) is 7.07. The van der Waals surface area contributed by atoms with Crippen molar-refractivity contribution < 1.29 is 29.3 Å². The monoisotopic (exact) mass is 644 g/mol. The van der Waals surface area contributed by atoms with E-state index in [1.807, 2.05) is 0 Å². The Morgan fingerprint density at radius 2 is 1.40 bits per heavy atom. The van der Waals surface area contributed by atoms with E-state index in [1.165, 1.54) is 53.5 Å². The highest BCUT2D eigenvalue weighted by Crippen LogP contribution is 2.36. The predicted octanol–water partition coefficient (Wildman–Crippen LogP) is 5.23. The van der Waals surface area contributed by atoms with Crippen LogP contribution in [-0.2, 0) is 14.4 Å². The van der Waals surface area contributed by atoms with Crippen molar-refractivity contribution in [1.29, 1.82) is 0 Å². The van der Waals surface area contributed by atoms with Gasteiger partial charge in [-0.3, -0.25) is 39.6 Å². The largest absolute Gasteiger partial charge is 0.480 e. The number of thiocarbonyl (C=S) groups is 2. The van der Waals surface area contributed by atoms with E-state index in [4.69, 9.17) is 24.4 Å². The van der Waals surface area contributed by atoms with Crippen LogP contribution in [0.15, 0.2) is 58.3 Å². The highest BCUT2D eigenvalue weighted by atomic mass is 32.2. The summed E-state index contributed by atoms with van der Waals surface area (Å²) < 4.78 is 0.377. The molecule has 16 heteroatoms. The number of amides is 2. The maximum absolute atomic E-state index is 13.1. The Hall–Kier alpha value is -3.99. The number of nitro benzene ring substituents is 2. The summed E-state index contributed by atoms with van der Waals surface area (Å²) in [6.07, 6.45) is 3.74. The van der Waals surface area contributed by atoms with Gasteiger partial charge in [-0.25, -0.2) is 4.79 Å². The Bertz CT molecular complexity index is 1590. The van der Waals surface area contributed by atoms with Crippen molar-refractivity contribution in [3.8, 4) is 0 Å². The number of rotatable bonds is 11. The van der Waals surface area contributed by atoms with Gasteiger partial charge in [0.05, 0.1) is 19.7 Å². The van der Waals surface area contributed by atoms with Gasteiger partial charge in [0.15, 0.2) is 0 Å². The lowest BCUT2D eigenvalue weighted by Crippen LogP contribution is -2.44. The molecule has 216 valence electrons. The molecular formula is C26H20N4O8S4. The van der Waals surface area contributed by atoms with Gasteiger partial charge in [0.2, 0.25) is 0 Å². The highest BCUT2D eigenvalue weighted by molar-refractivity contribution is 8.27. The molecule has 1 atom stereocenters. The summed E-state index contributed by atoms with van der Waals surface area (Å²) in [4.78, 5) is 62.0. The van der Waals surface area contributed by atoms with Crippen LogP contribution in [0.25, 0.3) is 12.2 Å². The summed E-state index contributed by atoms with van der Waals surface area (Å²) in [6.45, 7) is 0.217. The Kier molecular flexibility index (Phi) is 9.82. The van der Waals surface area contributed by atoms with Crippen LogP contribution in [0.5, 0.6) is 0 Å². The van der Waals surface area contributed by atoms with Crippen molar-refractivity contribution in [3.63, 3.8) is 0 Å². The molecule has 2 aromatic carbocycles. The number of nitrogens with zero attached hydrogens (tertiary/aromatic N) is 4. The van der Waals surface area contributed by atoms with Gasteiger partial charge in [-0.15, -0.1) is 0 Å². The minimum Gasteiger partial charge on any atom is -0.480 e. The molecule has 2 aromatic rings. The van der Waals surface area contributed by atoms with Crippen LogP contribution in [-0.4, -0.2) is 63.8 Å². The maximum atomic E-state index is 13.1. The van der Waals surface area contributed by atoms with Gasteiger partial charge in [-0.2, -0.15) is 0 Å². The molecule has 0 bridgehead atoms. The molecule has 1 N–H and O–H groups in total. The number of carbonyl (C=O) groups is 3. The van der Waals surface area contributed by atoms with Crippen LogP contribution in [0.4, 0.5) is 11.4 Å². The average Bonchev–Trinajstić information content (AvgIpc) is 3.36. The summed E-state index contributed by atoms with van der Waals surface area (Å²) >= 11 is 12.6. The van der Waals surface area contributed by atoms with Crippen LogP contribution >= 0.6 is 48.0 Å². The van der Waals surface area contributed by atoms with Gasteiger partial charge in [0, 0.05) is 30.8 Å². The van der Waals surface area contributed by atoms with Gasteiger partial charge in [-0.1, -0.05) is 72.2 Å². The fraction of sp³-hybridized carbons (Fsp3) is 0.192. The van der Waals surface area contributed by atoms with E-state index in [-0.39, 0.29) is 39.5 Å². The zero-order valence-electron chi connectivity index (χ0n) is 21.4. The summed E-state index contributed by atoms with van der Waals surface area (Å²) in [6, 6.07) is 10.3. The lowest BCUT2D eigenvalue weighted by molar-refractivity contribution is -0.385. The molecule has 2 aliphatic rings. The SMILES string of the molecule is O=C(O)C(CCCCN1C(=O)C(=Cc2cccc([N+](=O)[O-])c2)SC1=S)N1C(=O)C(=Cc2cccc([N+](=O)[O-])c2)SC1=S. The zero-order chi connectivity index (χ0) is 30.6. The number of hydrogen-bond donors (Lipinski definition) is 1. The minimum absolute atomic E-state index is 0.0597. The van der Waals surface area contributed by atoms with Gasteiger partial charge in [-0.05, 0) is 42.5 Å². The number of nitro groups is 2. The quantitative estimate of drug-likeness (QED) is 0.112. The Morgan fingerprint density at radius 3 is 1.93 bits per heavy atom. The van der Waals surface area contributed by atoms with Crippen LogP contribution < -0.4 is 0 Å². The average molecular weight is 645 g/mol. The first-order valence-electron chi connectivity index (χ1n) is 12.2. The lowest BCUT2D eigenvalue weighted by Gasteiger charge is -2.23. The standard InChI is InChI=1S/C26H20N4O8S4/c31-22-20(13-15-5-3-7-17(11-15)29(35)36)41-25(39)27(22)10-2-1-9-19(24(33)34)28-23(32)21(42-26(28)40)14-16-6-4-8-18(12-16)30(37)38/h3-8,11-14,19H,1-2,9-10H2,(H,33,34). The van der Waals surface area contributed by atoms with Crippen molar-refractivity contribution in [2.24, 2.45) is 0 Å². The summed E-state index contributed by atoms with van der Waals surface area (Å²) in [5.74, 6) is -2.20. The van der Waals surface area contributed by atoms with E-state index >= 15 is 0 Å². The number of carboxylic acids is 1. The van der Waals surface area contributed by atoms with E-state index in [1.54, 1.807) is 12.1 Å². The predicted molar refractivity (Wildman–Crippen MR) is 166 cm³/mol. The molecule has 4 rings (SSSR count). The number of unbranched alkanes of at least 4 members (excludes halogenated alkanes) is 1. The number of aliphatic carboxylic acids is 1. The van der Waals surface area contributed by atoms with E-state index < -0.39 is 27.8 Å². The molecule has 12 nitrogen and oxygen atoms in total. The van der Waals surface area contributed by atoms with Crippen LogP contribution in [0.3, 0.4) is 0 Å². The molecule has 0 radical (unpaired) electrons. The van der Waals surface area contributed by atoms with E-state index in [2.05, 4.69) is 0 Å². The van der Waals surface area contributed by atoms with Crippen molar-refractivity contribution in [2.45, 2.75) is 25.3 Å². The van der Waals surface area contributed by atoms with Crippen molar-refractivity contribution in [2.75, 3.05) is 6.54 Å². The second-order valence-corrected chi connectivity index (χ2v) is 12.3. The van der Waals surface area contributed by atoms with Gasteiger partial charge >= 0.3 is 5.97 Å². The summed E-state index contributed by atoms with van der Waals surface area (Å²) in [7, 11) is 0. The maximum Gasteiger partial charge on any atom is 0.326 e. The Balaban J connectivity index is 1.37. The molecule has 2 aliphatic heterocycles. The number of non-ortho nitro benzene ring substituents is 2. The zero-order valence-corrected chi connectivity index (χ0v) is 24.7. The molecule has 2 heterocycles. The highest BCUT2D eigenvalue weighted by Gasteiger charge is 2.40. The number of benzene rings is 2. The minimum atomic E-state index is -1.24. The molecule has 2 fully saturated rings. The molecular weight excluding hydrogens is 625 g/mol. The van der Waals surface area contributed by atoms with Crippen molar-refractivity contribution in [1.82, 2.24) is 9.80 Å². The molecule has 0 spiro atoms. The molecule has 1 unspecified atom stereocenters. The van der Waals surface area contributed by atoms with Crippen LogP contribution in [0.1, 0.15) is 30.4 Å². The number of thioether (sulfide) groups is 2. The van der Waals surface area contributed by atoms with Crippen LogP contribution in [0, 0.1) is 20.2 Å². The van der Waals surface area contributed by atoms with Gasteiger partial charge in [0.1, 0.15) is 14.7 Å². The normalized spacial score (nSPS) is 17.9. The molecule has 0 aliphatic carbocycles. The third-order valence-electron chi connectivity index (χ3n) is 6.16. The number of carboxylic acid groups (broad SMARTS) is 1. The first kappa shape index (κ1) is 31.0. The molecule has 0 aromatic heterocycles. The lowest BCUT2D eigenvalue weighted by atomic mass is 10.1. The van der Waals surface area contributed by atoms with E-state index in [9.17, 15) is 39.7 Å². The molecule has 2 saturated heterocycles. The van der Waals surface area contributed by atoms with Gasteiger partial charge in [0.25, 0.3) is 23.2 Å². The Labute approximate surface area is 257 Å². The second kappa shape index (κ2) is 13.3. The van der Waals surface area contributed by atoms with Gasteiger partial charge < -0.3 is 5.11 Å². The van der Waals surface area contributed by atoms with Crippen molar-refractivity contribution >= 4 is 97.9 Å². The smallest absolute Gasteiger partial charge is 0.326 e. The van der Waals surface area contributed by atoms with E-state index in [0.29, 0.717) is 33.2 Å². The third-order valence-corrected chi connectivity index (χ3v) is 8.87. The topological polar surface area (TPSA) is 164 Å². The fourth-order valence-corrected chi connectivity index (χ4v) is 6.84. The van der Waals surface area contributed by atoms with E-state index in [0.717, 1.165) is 28.4 Å². The molecule has 2 amide bonds. The Morgan fingerprint density at radius 1 is 0.881 bits per heavy atom. The first-order valence-corrected chi connectivity index (χ1v) is 14.7. The number of hydrogen-bond acceptors (Lipinski definition) is 11. The number of carbonyl (C=O) groups excluding carboxylic acids is 2. The van der Waals surface area contributed by atoms with Crippen molar-refractivity contribution in [3.05, 3.63) is 89.7 Å². The molecule has 42 heavy (non-hydrogen) atoms. The molecule has 0 saturated carbocycles. The second-order valence-electron chi connectivity index (χ2n) is 8.94.